The molecule has 1 aromatic carbocycles. The lowest BCUT2D eigenvalue weighted by Gasteiger charge is -2.19. The number of hydrogen-bond acceptors (Lipinski definition) is 2. The molecule has 29 heavy (non-hydrogen) atoms. The van der Waals surface area contributed by atoms with Crippen LogP contribution in [-0.2, 0) is 13.5 Å². The molecule has 3 nitrogen and oxygen atoms in total. The number of aryl methyl sites for hydroxylation is 1. The first-order valence-electron chi connectivity index (χ1n) is 9.37. The number of nitrogens with zero attached hydrogens (tertiary/aromatic N) is 3. The summed E-state index contributed by atoms with van der Waals surface area (Å²) in [5.74, 6) is -5.09. The average molecular weight is 405 g/mol. The van der Waals surface area contributed by atoms with Crippen LogP contribution in [0.4, 0.5) is 17.6 Å². The van der Waals surface area contributed by atoms with E-state index in [0.717, 1.165) is 0 Å². The molecule has 2 atom stereocenters. The third kappa shape index (κ3) is 4.66. The minimum Gasteiger partial charge on any atom is -0.272 e. The Morgan fingerprint density at radius 2 is 2.00 bits per heavy atom. The first-order valence-corrected chi connectivity index (χ1v) is 9.37. The van der Waals surface area contributed by atoms with Crippen molar-refractivity contribution in [2.24, 2.45) is 18.0 Å². The minimum atomic E-state index is -2.81. The van der Waals surface area contributed by atoms with Crippen molar-refractivity contribution >= 4 is 11.8 Å². The molecule has 0 amide bonds. The summed E-state index contributed by atoms with van der Waals surface area (Å²) in [6.45, 7) is 5.01. The zero-order valence-corrected chi connectivity index (χ0v) is 16.4. The number of aliphatic imine (C=N–C) groups is 1. The molecule has 0 N–H and O–H groups in total. The highest BCUT2D eigenvalue weighted by atomic mass is 19.3. The lowest BCUT2D eigenvalue weighted by molar-refractivity contribution is 0.00405. The molecule has 0 bridgehead atoms. The number of allylic oxidation sites excluding steroid dienone is 2. The highest BCUT2D eigenvalue weighted by Crippen LogP contribution is 2.49. The van der Waals surface area contributed by atoms with E-state index in [1.165, 1.54) is 30.6 Å². The molecule has 0 saturated heterocycles. The van der Waals surface area contributed by atoms with Gasteiger partial charge in [0.05, 0.1) is 0 Å². The first kappa shape index (κ1) is 21.0. The normalized spacial score (nSPS) is 21.8. The molecule has 0 radical (unpaired) electrons. The van der Waals surface area contributed by atoms with Crippen LogP contribution < -0.4 is 0 Å². The highest BCUT2D eigenvalue weighted by molar-refractivity contribution is 5.84. The van der Waals surface area contributed by atoms with Crippen molar-refractivity contribution in [2.45, 2.75) is 38.0 Å². The third-order valence-corrected chi connectivity index (χ3v) is 5.40. The fraction of sp³-hybridized carbons (Fsp3) is 0.364. The van der Waals surface area contributed by atoms with Crippen molar-refractivity contribution < 1.29 is 17.6 Å². The van der Waals surface area contributed by atoms with Gasteiger partial charge in [0.25, 0.3) is 0 Å². The molecule has 154 valence electrons. The fourth-order valence-corrected chi connectivity index (χ4v) is 4.13. The number of alkyl halides is 2. The maximum Gasteiger partial charge on any atom is 0.249 e. The predicted molar refractivity (Wildman–Crippen MR) is 106 cm³/mol. The van der Waals surface area contributed by atoms with Crippen molar-refractivity contribution in [3.63, 3.8) is 0 Å². The number of aromatic nitrogens is 2. The largest absolute Gasteiger partial charge is 0.272 e. The summed E-state index contributed by atoms with van der Waals surface area (Å²) in [6, 6.07) is 4.19. The van der Waals surface area contributed by atoms with Crippen molar-refractivity contribution in [1.29, 1.82) is 0 Å². The molecule has 2 unspecified atom stereocenters. The molecule has 1 aliphatic carbocycles. The lowest BCUT2D eigenvalue weighted by Crippen LogP contribution is -2.13. The Labute approximate surface area is 167 Å². The summed E-state index contributed by atoms with van der Waals surface area (Å²) in [6.07, 6.45) is 5.33. The number of benzene rings is 1. The molecule has 1 aliphatic rings. The van der Waals surface area contributed by atoms with Gasteiger partial charge in [-0.15, -0.1) is 0 Å². The lowest BCUT2D eigenvalue weighted by atomic mass is 9.87. The van der Waals surface area contributed by atoms with Gasteiger partial charge in [0.1, 0.15) is 11.6 Å². The van der Waals surface area contributed by atoms with Crippen molar-refractivity contribution in [3.05, 3.63) is 71.7 Å². The average Bonchev–Trinajstić information content (AvgIpc) is 3.16. The zero-order chi connectivity index (χ0) is 21.2. The van der Waals surface area contributed by atoms with Crippen LogP contribution in [0.3, 0.4) is 0 Å². The highest BCUT2D eigenvalue weighted by Gasteiger charge is 2.47. The summed E-state index contributed by atoms with van der Waals surface area (Å²) in [7, 11) is 1.71. The summed E-state index contributed by atoms with van der Waals surface area (Å²) in [4.78, 5) is 3.78. The summed E-state index contributed by atoms with van der Waals surface area (Å²) < 4.78 is 59.1. The van der Waals surface area contributed by atoms with Gasteiger partial charge in [-0.3, -0.25) is 9.67 Å². The van der Waals surface area contributed by atoms with Gasteiger partial charge in [0.2, 0.25) is 5.92 Å². The van der Waals surface area contributed by atoms with Crippen LogP contribution in [0.1, 0.15) is 42.5 Å². The van der Waals surface area contributed by atoms with Gasteiger partial charge in [0, 0.05) is 55.7 Å². The van der Waals surface area contributed by atoms with Crippen LogP contribution in [0.5, 0.6) is 0 Å². The third-order valence-electron chi connectivity index (χ3n) is 5.40. The van der Waals surface area contributed by atoms with E-state index >= 15 is 0 Å². The van der Waals surface area contributed by atoms with E-state index in [1.807, 2.05) is 0 Å². The Bertz CT molecular complexity index is 936. The second-order valence-electron chi connectivity index (χ2n) is 7.48. The number of halogens is 4. The number of rotatable bonds is 6. The monoisotopic (exact) mass is 405 g/mol. The maximum absolute atomic E-state index is 14.6. The van der Waals surface area contributed by atoms with Gasteiger partial charge in [-0.25, -0.2) is 17.6 Å². The Kier molecular flexibility index (Phi) is 6.05. The van der Waals surface area contributed by atoms with Crippen LogP contribution in [0.25, 0.3) is 5.57 Å². The van der Waals surface area contributed by atoms with Crippen LogP contribution in [0, 0.1) is 17.6 Å². The molecule has 0 aliphatic heterocycles. The topological polar surface area (TPSA) is 30.2 Å². The predicted octanol–water partition coefficient (Wildman–Crippen LogP) is 5.69. The first-order chi connectivity index (χ1) is 13.7. The van der Waals surface area contributed by atoms with Gasteiger partial charge < -0.3 is 0 Å². The van der Waals surface area contributed by atoms with E-state index < -0.39 is 29.4 Å². The molecule has 1 fully saturated rings. The second kappa shape index (κ2) is 8.35. The van der Waals surface area contributed by atoms with Gasteiger partial charge in [-0.1, -0.05) is 6.58 Å². The Morgan fingerprint density at radius 3 is 2.59 bits per heavy atom. The van der Waals surface area contributed by atoms with Crippen molar-refractivity contribution in [3.8, 4) is 0 Å². The Hall–Kier alpha value is -2.70. The van der Waals surface area contributed by atoms with Gasteiger partial charge >= 0.3 is 0 Å². The summed E-state index contributed by atoms with van der Waals surface area (Å²) in [5.41, 5.74) is 1.30. The van der Waals surface area contributed by atoms with Gasteiger partial charge in [-0.05, 0) is 54.7 Å². The molecule has 2 aromatic rings. The molecule has 1 saturated carbocycles. The van der Waals surface area contributed by atoms with Crippen LogP contribution in [0.15, 0.2) is 48.2 Å². The van der Waals surface area contributed by atoms with E-state index in [2.05, 4.69) is 16.7 Å². The van der Waals surface area contributed by atoms with Crippen LogP contribution in [-0.4, -0.2) is 21.9 Å². The van der Waals surface area contributed by atoms with E-state index in [9.17, 15) is 17.6 Å². The number of hydrogen-bond donors (Lipinski definition) is 0. The van der Waals surface area contributed by atoms with E-state index in [-0.39, 0.29) is 24.8 Å². The van der Waals surface area contributed by atoms with Crippen LogP contribution in [0.2, 0.25) is 0 Å². The maximum atomic E-state index is 14.6. The SMILES string of the molecule is C=CN=C/C=C(\C)c1c(F)cc(CC2CC(F)(F)CC2c2ccnn2C)cc1F. The Balaban J connectivity index is 1.87. The zero-order valence-electron chi connectivity index (χ0n) is 16.4. The summed E-state index contributed by atoms with van der Waals surface area (Å²) in [5, 5.41) is 4.07. The van der Waals surface area contributed by atoms with Gasteiger partial charge in [-0.2, -0.15) is 5.10 Å². The van der Waals surface area contributed by atoms with Crippen molar-refractivity contribution in [1.82, 2.24) is 9.78 Å². The molecular weight excluding hydrogens is 382 g/mol. The fourth-order valence-electron chi connectivity index (χ4n) is 4.13. The quantitative estimate of drug-likeness (QED) is 0.449. The second-order valence-corrected chi connectivity index (χ2v) is 7.48. The van der Waals surface area contributed by atoms with Crippen LogP contribution >= 0.6 is 0 Å². The molecule has 7 heteroatoms. The Morgan fingerprint density at radius 1 is 1.31 bits per heavy atom. The molecule has 3 rings (SSSR count). The molecular formula is C22H23F4N3. The van der Waals surface area contributed by atoms with Gasteiger partial charge in [0.15, 0.2) is 0 Å². The summed E-state index contributed by atoms with van der Waals surface area (Å²) >= 11 is 0. The smallest absolute Gasteiger partial charge is 0.249 e. The van der Waals surface area contributed by atoms with Crippen molar-refractivity contribution in [2.75, 3.05) is 0 Å². The van der Waals surface area contributed by atoms with E-state index in [1.54, 1.807) is 30.9 Å². The molecule has 1 aromatic heterocycles. The van der Waals surface area contributed by atoms with E-state index in [0.29, 0.717) is 16.8 Å². The molecule has 0 spiro atoms. The minimum absolute atomic E-state index is 0.149. The standard InChI is InChI=1S/C22H23F4N3/c1-4-27-7-5-14(2)21-18(23)10-15(11-19(21)24)9-16-12-22(25,26)13-17(16)20-6-8-28-29(20)3/h4-8,10-11,16-17H,1,9,12-13H2,2-3H3/b14-5+,27-7?. The molecule has 1 heterocycles. The van der Waals surface area contributed by atoms with E-state index in [4.69, 9.17) is 0 Å².